The number of amides is 1. The lowest BCUT2D eigenvalue weighted by Gasteiger charge is -2.11. The monoisotopic (exact) mass is 359 g/mol. The number of fused-ring (bicyclic) bond motifs is 1. The molecule has 4 heteroatoms. The summed E-state index contributed by atoms with van der Waals surface area (Å²) in [6, 6.07) is 14.0. The van der Waals surface area contributed by atoms with Crippen molar-refractivity contribution in [2.24, 2.45) is 0 Å². The average molecular weight is 360 g/mol. The first-order chi connectivity index (χ1) is 10.0. The van der Waals surface area contributed by atoms with Crippen LogP contribution >= 0.6 is 27.3 Å². The third-order valence-corrected chi connectivity index (χ3v) is 5.06. The van der Waals surface area contributed by atoms with Gasteiger partial charge in [-0.25, -0.2) is 0 Å². The van der Waals surface area contributed by atoms with Crippen molar-refractivity contribution in [1.29, 1.82) is 0 Å². The van der Waals surface area contributed by atoms with Crippen molar-refractivity contribution in [1.82, 2.24) is 0 Å². The maximum atomic E-state index is 12.5. The lowest BCUT2D eigenvalue weighted by molar-refractivity contribution is 0.103. The molecule has 1 amide bonds. The lowest BCUT2D eigenvalue weighted by Crippen LogP contribution is -2.11. The topological polar surface area (TPSA) is 29.1 Å². The molecule has 2 aromatic carbocycles. The Balaban J connectivity index is 1.93. The summed E-state index contributed by atoms with van der Waals surface area (Å²) in [5.41, 5.74) is 3.05. The molecule has 0 bridgehead atoms. The molecule has 0 radical (unpaired) electrons. The van der Waals surface area contributed by atoms with E-state index in [1.165, 1.54) is 16.9 Å². The van der Waals surface area contributed by atoms with E-state index >= 15 is 0 Å². The zero-order chi connectivity index (χ0) is 15.0. The van der Waals surface area contributed by atoms with Gasteiger partial charge in [-0.2, -0.15) is 0 Å². The number of hydrogen-bond donors (Lipinski definition) is 1. The number of benzene rings is 2. The summed E-state index contributed by atoms with van der Waals surface area (Å²) in [7, 11) is 0. The molecule has 0 unspecified atom stereocenters. The zero-order valence-corrected chi connectivity index (χ0v) is 14.1. The smallest absolute Gasteiger partial charge is 0.265 e. The predicted molar refractivity (Wildman–Crippen MR) is 93.4 cm³/mol. The Morgan fingerprint density at radius 3 is 2.62 bits per heavy atom. The SMILES string of the molecule is Cc1cc(C)c(NC(=O)c2cc3ccccc3s2)c(Br)c1. The van der Waals surface area contributed by atoms with Crippen molar-refractivity contribution >= 4 is 48.9 Å². The van der Waals surface area contributed by atoms with Crippen molar-refractivity contribution in [3.63, 3.8) is 0 Å². The maximum absolute atomic E-state index is 12.5. The zero-order valence-electron chi connectivity index (χ0n) is 11.7. The second-order valence-corrected chi connectivity index (χ2v) is 6.98. The van der Waals surface area contributed by atoms with Crippen molar-refractivity contribution in [2.75, 3.05) is 5.32 Å². The van der Waals surface area contributed by atoms with Gasteiger partial charge in [0, 0.05) is 9.17 Å². The van der Waals surface area contributed by atoms with Gasteiger partial charge in [-0.15, -0.1) is 11.3 Å². The molecule has 106 valence electrons. The van der Waals surface area contributed by atoms with E-state index in [1.54, 1.807) is 0 Å². The van der Waals surface area contributed by atoms with Crippen LogP contribution in [0.25, 0.3) is 10.1 Å². The second kappa shape index (κ2) is 5.62. The first-order valence-corrected chi connectivity index (χ1v) is 8.22. The standard InChI is InChI=1S/C17H14BrNOS/c1-10-7-11(2)16(13(18)8-10)19-17(20)15-9-12-5-3-4-6-14(12)21-15/h3-9H,1-2H3,(H,19,20). The molecule has 0 saturated carbocycles. The number of thiophene rings is 1. The van der Waals surface area contributed by atoms with E-state index in [0.717, 1.165) is 30.7 Å². The Bertz CT molecular complexity index is 782. The molecule has 2 nitrogen and oxygen atoms in total. The van der Waals surface area contributed by atoms with Gasteiger partial charge < -0.3 is 5.32 Å². The lowest BCUT2D eigenvalue weighted by atomic mass is 10.1. The van der Waals surface area contributed by atoms with Crippen LogP contribution in [0, 0.1) is 13.8 Å². The molecule has 1 N–H and O–H groups in total. The number of nitrogens with one attached hydrogen (secondary N) is 1. The van der Waals surface area contributed by atoms with Gasteiger partial charge in [0.25, 0.3) is 5.91 Å². The first kappa shape index (κ1) is 14.3. The summed E-state index contributed by atoms with van der Waals surface area (Å²) in [6.45, 7) is 4.04. The Morgan fingerprint density at radius 2 is 1.90 bits per heavy atom. The number of rotatable bonds is 2. The summed E-state index contributed by atoms with van der Waals surface area (Å²) < 4.78 is 2.04. The highest BCUT2D eigenvalue weighted by molar-refractivity contribution is 9.10. The number of carbonyl (C=O) groups excluding carboxylic acids is 1. The second-order valence-electron chi connectivity index (χ2n) is 5.04. The molecular formula is C17H14BrNOS. The van der Waals surface area contributed by atoms with Crippen LogP contribution in [-0.4, -0.2) is 5.91 Å². The van der Waals surface area contributed by atoms with Gasteiger partial charge in [-0.3, -0.25) is 4.79 Å². The summed E-state index contributed by atoms with van der Waals surface area (Å²) in [4.78, 5) is 13.2. The van der Waals surface area contributed by atoms with Crippen molar-refractivity contribution in [3.05, 3.63) is 62.9 Å². The Morgan fingerprint density at radius 1 is 1.14 bits per heavy atom. The van der Waals surface area contributed by atoms with Crippen LogP contribution in [0.1, 0.15) is 20.8 Å². The summed E-state index contributed by atoms with van der Waals surface area (Å²) in [6.07, 6.45) is 0. The van der Waals surface area contributed by atoms with Gasteiger partial charge in [0.1, 0.15) is 0 Å². The molecule has 0 aliphatic rings. The minimum absolute atomic E-state index is 0.0659. The Labute approximate surface area is 135 Å². The molecule has 0 saturated heterocycles. The summed E-state index contributed by atoms with van der Waals surface area (Å²) in [5, 5.41) is 4.11. The molecule has 0 spiro atoms. The molecule has 3 rings (SSSR count). The number of carbonyl (C=O) groups is 1. The third kappa shape index (κ3) is 2.87. The van der Waals surface area contributed by atoms with Crippen molar-refractivity contribution < 1.29 is 4.79 Å². The van der Waals surface area contributed by atoms with Gasteiger partial charge in [0.2, 0.25) is 0 Å². The van der Waals surface area contributed by atoms with E-state index in [-0.39, 0.29) is 5.91 Å². The molecular weight excluding hydrogens is 346 g/mol. The van der Waals surface area contributed by atoms with E-state index in [1.807, 2.05) is 50.2 Å². The summed E-state index contributed by atoms with van der Waals surface area (Å²) >= 11 is 5.03. The molecule has 0 atom stereocenters. The van der Waals surface area contributed by atoms with Crippen molar-refractivity contribution in [3.8, 4) is 0 Å². The highest BCUT2D eigenvalue weighted by atomic mass is 79.9. The normalized spacial score (nSPS) is 10.8. The largest absolute Gasteiger partial charge is 0.320 e. The van der Waals surface area contributed by atoms with Gasteiger partial charge >= 0.3 is 0 Å². The molecule has 0 fully saturated rings. The van der Waals surface area contributed by atoms with Crippen LogP contribution in [-0.2, 0) is 0 Å². The molecule has 0 aliphatic carbocycles. The van der Waals surface area contributed by atoms with E-state index in [0.29, 0.717) is 0 Å². The molecule has 21 heavy (non-hydrogen) atoms. The minimum atomic E-state index is -0.0659. The fourth-order valence-corrected chi connectivity index (χ4v) is 4.07. The van der Waals surface area contributed by atoms with E-state index in [4.69, 9.17) is 0 Å². The van der Waals surface area contributed by atoms with Gasteiger partial charge in [0.05, 0.1) is 10.6 Å². The van der Waals surface area contributed by atoms with Gasteiger partial charge in [0.15, 0.2) is 0 Å². The molecule has 1 heterocycles. The van der Waals surface area contributed by atoms with E-state index < -0.39 is 0 Å². The maximum Gasteiger partial charge on any atom is 0.265 e. The molecule has 0 aliphatic heterocycles. The average Bonchev–Trinajstić information content (AvgIpc) is 2.86. The van der Waals surface area contributed by atoms with Crippen LogP contribution in [0.4, 0.5) is 5.69 Å². The van der Waals surface area contributed by atoms with Crippen molar-refractivity contribution in [2.45, 2.75) is 13.8 Å². The fraction of sp³-hybridized carbons (Fsp3) is 0.118. The Hall–Kier alpha value is -1.65. The highest BCUT2D eigenvalue weighted by Crippen LogP contribution is 2.30. The minimum Gasteiger partial charge on any atom is -0.320 e. The van der Waals surface area contributed by atoms with Crippen LogP contribution < -0.4 is 5.32 Å². The Kier molecular flexibility index (Phi) is 3.83. The van der Waals surface area contributed by atoms with E-state index in [9.17, 15) is 4.79 Å². The molecule has 1 aromatic heterocycles. The van der Waals surface area contributed by atoms with Gasteiger partial charge in [-0.1, -0.05) is 24.3 Å². The van der Waals surface area contributed by atoms with Gasteiger partial charge in [-0.05, 0) is 64.5 Å². The van der Waals surface area contributed by atoms with E-state index in [2.05, 4.69) is 27.3 Å². The van der Waals surface area contributed by atoms with Crippen LogP contribution in [0.2, 0.25) is 0 Å². The number of hydrogen-bond acceptors (Lipinski definition) is 2. The fourth-order valence-electron chi connectivity index (χ4n) is 2.34. The predicted octanol–water partition coefficient (Wildman–Crippen LogP) is 5.53. The molecule has 3 aromatic rings. The number of aryl methyl sites for hydroxylation is 2. The van der Waals surface area contributed by atoms with Crippen LogP contribution in [0.5, 0.6) is 0 Å². The third-order valence-electron chi connectivity index (χ3n) is 3.32. The number of halogens is 1. The quantitative estimate of drug-likeness (QED) is 0.639. The first-order valence-electron chi connectivity index (χ1n) is 6.61. The number of anilines is 1. The highest BCUT2D eigenvalue weighted by Gasteiger charge is 2.13. The summed E-state index contributed by atoms with van der Waals surface area (Å²) in [5.74, 6) is -0.0659. The van der Waals surface area contributed by atoms with Crippen LogP contribution in [0.15, 0.2) is 46.9 Å². The van der Waals surface area contributed by atoms with Crippen LogP contribution in [0.3, 0.4) is 0 Å².